The molecule has 94 valence electrons. The number of nitrogen functional groups attached to an aromatic ring is 1. The van der Waals surface area contributed by atoms with Crippen LogP contribution >= 0.6 is 11.8 Å². The molecular formula is C10H10FN5OS. The van der Waals surface area contributed by atoms with E-state index < -0.39 is 5.82 Å². The van der Waals surface area contributed by atoms with Gasteiger partial charge in [-0.1, -0.05) is 0 Å². The van der Waals surface area contributed by atoms with Gasteiger partial charge in [-0.3, -0.25) is 9.98 Å². The number of amidine groups is 1. The van der Waals surface area contributed by atoms with Gasteiger partial charge >= 0.3 is 5.69 Å². The number of hydrogen-bond acceptors (Lipinski definition) is 4. The van der Waals surface area contributed by atoms with Crippen LogP contribution in [0.2, 0.25) is 0 Å². The van der Waals surface area contributed by atoms with Crippen LogP contribution in [0.5, 0.6) is 0 Å². The van der Waals surface area contributed by atoms with E-state index in [-0.39, 0.29) is 17.1 Å². The average molecular weight is 267 g/mol. The van der Waals surface area contributed by atoms with E-state index >= 15 is 0 Å². The largest absolute Gasteiger partial charge is 0.384 e. The lowest BCUT2D eigenvalue weighted by atomic mass is 10.2. The number of H-pyrrole nitrogens is 1. The number of aromatic amines is 1. The van der Waals surface area contributed by atoms with Crippen molar-refractivity contribution in [2.24, 2.45) is 12.8 Å². The fourth-order valence-electron chi connectivity index (χ4n) is 1.32. The minimum atomic E-state index is -0.472. The topological polar surface area (TPSA) is 101 Å². The lowest BCUT2D eigenvalue weighted by molar-refractivity contribution is 0.626. The number of benzene rings is 1. The molecule has 0 aliphatic rings. The maximum Gasteiger partial charge on any atom is 0.343 e. The van der Waals surface area contributed by atoms with Crippen LogP contribution in [0.15, 0.2) is 33.0 Å². The first-order valence-corrected chi connectivity index (χ1v) is 5.74. The Morgan fingerprint density at radius 3 is 2.89 bits per heavy atom. The molecule has 6 nitrogen and oxygen atoms in total. The summed E-state index contributed by atoms with van der Waals surface area (Å²) in [5.74, 6) is -0.710. The summed E-state index contributed by atoms with van der Waals surface area (Å²) in [6.45, 7) is 0. The Kier molecular flexibility index (Phi) is 3.19. The van der Waals surface area contributed by atoms with Crippen LogP contribution in [-0.4, -0.2) is 20.6 Å². The third-order valence-corrected chi connectivity index (χ3v) is 3.40. The van der Waals surface area contributed by atoms with E-state index in [4.69, 9.17) is 11.1 Å². The monoisotopic (exact) mass is 267 g/mol. The normalized spacial score (nSPS) is 10.6. The minimum Gasteiger partial charge on any atom is -0.384 e. The second kappa shape index (κ2) is 4.65. The van der Waals surface area contributed by atoms with Crippen molar-refractivity contribution < 1.29 is 4.39 Å². The molecule has 0 aliphatic heterocycles. The summed E-state index contributed by atoms with van der Waals surface area (Å²) >= 11 is 1.13. The van der Waals surface area contributed by atoms with Gasteiger partial charge in [-0.05, 0) is 30.0 Å². The predicted molar refractivity (Wildman–Crippen MR) is 65.4 cm³/mol. The highest BCUT2D eigenvalue weighted by Gasteiger charge is 2.12. The Bertz CT molecular complexity index is 663. The van der Waals surface area contributed by atoms with Crippen LogP contribution in [0.25, 0.3) is 0 Å². The van der Waals surface area contributed by atoms with Crippen molar-refractivity contribution in [2.75, 3.05) is 0 Å². The molecule has 0 radical (unpaired) electrons. The molecule has 0 unspecified atom stereocenters. The molecule has 8 heteroatoms. The Morgan fingerprint density at radius 1 is 1.61 bits per heavy atom. The average Bonchev–Trinajstić information content (AvgIpc) is 2.63. The number of nitrogens with zero attached hydrogens (tertiary/aromatic N) is 2. The van der Waals surface area contributed by atoms with Crippen molar-refractivity contribution in [1.82, 2.24) is 14.8 Å². The van der Waals surface area contributed by atoms with Crippen LogP contribution < -0.4 is 11.4 Å². The summed E-state index contributed by atoms with van der Waals surface area (Å²) in [4.78, 5) is 11.8. The Hall–Kier alpha value is -2.09. The van der Waals surface area contributed by atoms with Gasteiger partial charge in [-0.15, -0.1) is 5.10 Å². The van der Waals surface area contributed by atoms with E-state index in [1.165, 1.54) is 22.8 Å². The van der Waals surface area contributed by atoms with Gasteiger partial charge in [0.1, 0.15) is 11.7 Å². The molecule has 1 heterocycles. The lowest BCUT2D eigenvalue weighted by Crippen LogP contribution is -2.14. The number of rotatable bonds is 3. The number of halogens is 1. The second-order valence-electron chi connectivity index (χ2n) is 3.53. The summed E-state index contributed by atoms with van der Waals surface area (Å²) in [5.41, 5.74) is 5.32. The minimum absolute atomic E-state index is 0.238. The fraction of sp³-hybridized carbons (Fsp3) is 0.100. The SMILES string of the molecule is Cn1c(Sc2ccc(F)cc2C(=N)N)n[nH]c1=O. The van der Waals surface area contributed by atoms with E-state index in [0.717, 1.165) is 11.8 Å². The van der Waals surface area contributed by atoms with Crippen LogP contribution in [0.4, 0.5) is 4.39 Å². The highest BCUT2D eigenvalue weighted by Crippen LogP contribution is 2.28. The summed E-state index contributed by atoms with van der Waals surface area (Å²) < 4.78 is 14.4. The van der Waals surface area contributed by atoms with E-state index in [0.29, 0.717) is 10.1 Å². The molecule has 1 aromatic heterocycles. The molecule has 0 aliphatic carbocycles. The van der Waals surface area contributed by atoms with Gasteiger partial charge in [0.2, 0.25) is 0 Å². The molecule has 0 amide bonds. The second-order valence-corrected chi connectivity index (χ2v) is 4.54. The molecule has 0 saturated heterocycles. The number of hydrogen-bond donors (Lipinski definition) is 3. The first-order valence-electron chi connectivity index (χ1n) is 4.92. The zero-order valence-electron chi connectivity index (χ0n) is 9.40. The van der Waals surface area contributed by atoms with E-state index in [1.54, 1.807) is 7.05 Å². The molecule has 0 fully saturated rings. The van der Waals surface area contributed by atoms with Gasteiger partial charge in [0.25, 0.3) is 0 Å². The summed E-state index contributed by atoms with van der Waals surface area (Å²) in [6.07, 6.45) is 0. The highest BCUT2D eigenvalue weighted by atomic mass is 32.2. The predicted octanol–water partition coefficient (Wildman–Crippen LogP) is 0.683. The van der Waals surface area contributed by atoms with Gasteiger partial charge in [0.15, 0.2) is 5.16 Å². The van der Waals surface area contributed by atoms with Gasteiger partial charge < -0.3 is 5.73 Å². The van der Waals surface area contributed by atoms with Crippen LogP contribution in [0.1, 0.15) is 5.56 Å². The van der Waals surface area contributed by atoms with E-state index in [9.17, 15) is 9.18 Å². The molecule has 0 bridgehead atoms. The third kappa shape index (κ3) is 2.28. The molecule has 18 heavy (non-hydrogen) atoms. The van der Waals surface area contributed by atoms with E-state index in [1.807, 2.05) is 0 Å². The molecule has 0 atom stereocenters. The van der Waals surface area contributed by atoms with Gasteiger partial charge in [0.05, 0.1) is 0 Å². The zero-order chi connectivity index (χ0) is 13.3. The maximum atomic E-state index is 13.1. The van der Waals surface area contributed by atoms with Gasteiger partial charge in [-0.25, -0.2) is 14.3 Å². The fourth-order valence-corrected chi connectivity index (χ4v) is 2.25. The van der Waals surface area contributed by atoms with Crippen molar-refractivity contribution in [3.05, 3.63) is 40.1 Å². The molecule has 4 N–H and O–H groups in total. The van der Waals surface area contributed by atoms with Crippen molar-refractivity contribution in [3.8, 4) is 0 Å². The summed E-state index contributed by atoms with van der Waals surface area (Å²) in [6, 6.07) is 3.94. The quantitative estimate of drug-likeness (QED) is 0.562. The number of aromatic nitrogens is 3. The lowest BCUT2D eigenvalue weighted by Gasteiger charge is -2.06. The molecule has 1 aromatic carbocycles. The number of nitrogens with two attached hydrogens (primary N) is 1. The Morgan fingerprint density at radius 2 is 2.33 bits per heavy atom. The summed E-state index contributed by atoms with van der Waals surface area (Å²) in [7, 11) is 1.56. The molecule has 0 spiro atoms. The van der Waals surface area contributed by atoms with Crippen LogP contribution in [0.3, 0.4) is 0 Å². The van der Waals surface area contributed by atoms with Gasteiger partial charge in [0, 0.05) is 17.5 Å². The first-order chi connectivity index (χ1) is 8.49. The van der Waals surface area contributed by atoms with Crippen LogP contribution in [-0.2, 0) is 7.05 Å². The third-order valence-electron chi connectivity index (χ3n) is 2.27. The zero-order valence-corrected chi connectivity index (χ0v) is 10.2. The smallest absolute Gasteiger partial charge is 0.343 e. The van der Waals surface area contributed by atoms with Crippen molar-refractivity contribution >= 4 is 17.6 Å². The molecule has 2 aromatic rings. The first kappa shape index (κ1) is 12.4. The highest BCUT2D eigenvalue weighted by molar-refractivity contribution is 7.99. The Balaban J connectivity index is 2.43. The standard InChI is InChI=1S/C10H10FN5OS/c1-16-9(17)14-15-10(16)18-7-3-2-5(11)4-6(7)8(12)13/h2-4H,1H3,(H3,12,13)(H,14,17). The Labute approximate surface area is 106 Å². The van der Waals surface area contributed by atoms with Crippen LogP contribution in [0, 0.1) is 11.2 Å². The number of nitrogens with one attached hydrogen (secondary N) is 2. The summed E-state index contributed by atoms with van der Waals surface area (Å²) in [5, 5.41) is 13.9. The van der Waals surface area contributed by atoms with E-state index in [2.05, 4.69) is 10.2 Å². The van der Waals surface area contributed by atoms with Gasteiger partial charge in [-0.2, -0.15) is 0 Å². The van der Waals surface area contributed by atoms with Crippen molar-refractivity contribution in [1.29, 1.82) is 5.41 Å². The maximum absolute atomic E-state index is 13.1. The molecule has 2 rings (SSSR count). The molecular weight excluding hydrogens is 257 g/mol. The molecule has 0 saturated carbocycles. The van der Waals surface area contributed by atoms with Crippen molar-refractivity contribution in [2.45, 2.75) is 10.1 Å². The van der Waals surface area contributed by atoms with Crippen molar-refractivity contribution in [3.63, 3.8) is 0 Å².